The molecule has 0 N–H and O–H groups in total. The fourth-order valence-corrected chi connectivity index (χ4v) is 4.02. The van der Waals surface area contributed by atoms with Crippen LogP contribution in [0.4, 0.5) is 11.4 Å². The summed E-state index contributed by atoms with van der Waals surface area (Å²) in [6.45, 7) is 2.45. The number of nitrogens with zero attached hydrogens (tertiary/aromatic N) is 5. The number of fused-ring (bicyclic) bond motifs is 1. The maximum Gasteiger partial charge on any atom is 0.326 e. The number of hydrogen-bond acceptors (Lipinski definition) is 4. The summed E-state index contributed by atoms with van der Waals surface area (Å²) in [5.74, 6) is 0. The van der Waals surface area contributed by atoms with E-state index in [-0.39, 0.29) is 6.54 Å². The number of aryl methyl sites for hydroxylation is 1. The van der Waals surface area contributed by atoms with Gasteiger partial charge in [-0.15, -0.1) is 5.10 Å². The molecule has 0 bridgehead atoms. The highest BCUT2D eigenvalue weighted by Gasteiger charge is 2.39. The number of rotatable bonds is 3. The topological polar surface area (TPSA) is 71.3 Å². The molecule has 0 radical (unpaired) electrons. The van der Waals surface area contributed by atoms with Gasteiger partial charge in [0.2, 0.25) is 0 Å². The van der Waals surface area contributed by atoms with Crippen LogP contribution < -0.4 is 8.61 Å². The predicted octanol–water partition coefficient (Wildman–Crippen LogP) is 0.906. The highest BCUT2D eigenvalue weighted by atomic mass is 32.2. The average Bonchev–Trinajstić information content (AvgIpc) is 2.91. The van der Waals surface area contributed by atoms with Crippen molar-refractivity contribution in [2.45, 2.75) is 13.5 Å². The SMILES string of the molecule is CCN1c2ccccc2N(Cc2cnnn2C)S1(=O)=O. The van der Waals surface area contributed by atoms with E-state index in [4.69, 9.17) is 0 Å². The van der Waals surface area contributed by atoms with Crippen LogP contribution in [-0.2, 0) is 23.8 Å². The van der Waals surface area contributed by atoms with Crippen LogP contribution in [-0.4, -0.2) is 30.0 Å². The first-order valence-electron chi connectivity index (χ1n) is 6.28. The van der Waals surface area contributed by atoms with Gasteiger partial charge < -0.3 is 0 Å². The molecule has 106 valence electrons. The third-order valence-electron chi connectivity index (χ3n) is 3.38. The molecule has 1 aliphatic rings. The van der Waals surface area contributed by atoms with E-state index < -0.39 is 10.2 Å². The summed E-state index contributed by atoms with van der Waals surface area (Å²) in [4.78, 5) is 0. The molecule has 3 rings (SSSR count). The van der Waals surface area contributed by atoms with Crippen LogP contribution in [0.2, 0.25) is 0 Å². The molecule has 2 aromatic rings. The first-order chi connectivity index (χ1) is 9.55. The van der Waals surface area contributed by atoms with Crippen molar-refractivity contribution in [1.29, 1.82) is 0 Å². The van der Waals surface area contributed by atoms with Crippen molar-refractivity contribution < 1.29 is 8.42 Å². The molecule has 1 aromatic carbocycles. The number of para-hydroxylation sites is 2. The number of hydrogen-bond donors (Lipinski definition) is 0. The van der Waals surface area contributed by atoms with Gasteiger partial charge in [-0.05, 0) is 19.1 Å². The quantitative estimate of drug-likeness (QED) is 0.843. The molecule has 0 fully saturated rings. The molecule has 1 aromatic heterocycles. The fourth-order valence-electron chi connectivity index (χ4n) is 2.35. The summed E-state index contributed by atoms with van der Waals surface area (Å²) >= 11 is 0. The van der Waals surface area contributed by atoms with Crippen molar-refractivity contribution >= 4 is 21.6 Å². The Kier molecular flexibility index (Phi) is 2.89. The van der Waals surface area contributed by atoms with Gasteiger partial charge in [0.15, 0.2) is 0 Å². The van der Waals surface area contributed by atoms with Crippen molar-refractivity contribution in [2.24, 2.45) is 7.05 Å². The van der Waals surface area contributed by atoms with Crippen LogP contribution in [0, 0.1) is 0 Å². The van der Waals surface area contributed by atoms with Gasteiger partial charge in [-0.1, -0.05) is 17.3 Å². The molecule has 0 unspecified atom stereocenters. The number of aromatic nitrogens is 3. The first-order valence-corrected chi connectivity index (χ1v) is 7.68. The van der Waals surface area contributed by atoms with Crippen molar-refractivity contribution in [3.05, 3.63) is 36.2 Å². The molecule has 0 saturated heterocycles. The van der Waals surface area contributed by atoms with Crippen LogP contribution >= 0.6 is 0 Å². The molecule has 0 amide bonds. The van der Waals surface area contributed by atoms with E-state index in [9.17, 15) is 8.42 Å². The maximum atomic E-state index is 12.6. The van der Waals surface area contributed by atoms with E-state index in [0.717, 1.165) is 5.69 Å². The van der Waals surface area contributed by atoms with E-state index in [0.29, 0.717) is 17.9 Å². The Balaban J connectivity index is 2.08. The van der Waals surface area contributed by atoms with Crippen LogP contribution in [0.25, 0.3) is 0 Å². The second-order valence-electron chi connectivity index (χ2n) is 4.52. The highest BCUT2D eigenvalue weighted by Crippen LogP contribution is 2.41. The van der Waals surface area contributed by atoms with Crippen molar-refractivity contribution in [3.8, 4) is 0 Å². The molecule has 0 saturated carbocycles. The lowest BCUT2D eigenvalue weighted by Crippen LogP contribution is -2.37. The molecule has 7 nitrogen and oxygen atoms in total. The van der Waals surface area contributed by atoms with Gasteiger partial charge in [-0.25, -0.2) is 4.31 Å². The van der Waals surface area contributed by atoms with Gasteiger partial charge in [0.1, 0.15) is 0 Å². The van der Waals surface area contributed by atoms with Gasteiger partial charge in [0.05, 0.1) is 29.8 Å². The van der Waals surface area contributed by atoms with Gasteiger partial charge in [0, 0.05) is 13.6 Å². The number of benzene rings is 1. The Hall–Kier alpha value is -2.09. The van der Waals surface area contributed by atoms with E-state index in [1.165, 1.54) is 8.61 Å². The second kappa shape index (κ2) is 4.48. The lowest BCUT2D eigenvalue weighted by Gasteiger charge is -2.20. The molecular formula is C12H15N5O2S. The zero-order valence-electron chi connectivity index (χ0n) is 11.3. The Morgan fingerprint density at radius 1 is 1.15 bits per heavy atom. The predicted molar refractivity (Wildman–Crippen MR) is 75.6 cm³/mol. The van der Waals surface area contributed by atoms with Crippen molar-refractivity contribution in [2.75, 3.05) is 15.2 Å². The first kappa shape index (κ1) is 12.9. The molecule has 20 heavy (non-hydrogen) atoms. The maximum absolute atomic E-state index is 12.6. The van der Waals surface area contributed by atoms with Crippen LogP contribution in [0.3, 0.4) is 0 Å². The minimum atomic E-state index is -3.53. The fraction of sp³-hybridized carbons (Fsp3) is 0.333. The summed E-state index contributed by atoms with van der Waals surface area (Å²) in [5, 5.41) is 7.62. The molecule has 0 aliphatic carbocycles. The molecule has 1 aliphatic heterocycles. The molecule has 8 heteroatoms. The van der Waals surface area contributed by atoms with Crippen molar-refractivity contribution in [3.63, 3.8) is 0 Å². The summed E-state index contributed by atoms with van der Waals surface area (Å²) in [6.07, 6.45) is 1.58. The standard InChI is InChI=1S/C12H15N5O2S/c1-3-16-11-6-4-5-7-12(11)17(20(16,18)19)9-10-8-13-14-15(10)2/h4-8H,3,9H2,1-2H3. The zero-order valence-corrected chi connectivity index (χ0v) is 12.1. The third-order valence-corrected chi connectivity index (χ3v) is 5.27. The number of anilines is 2. The van der Waals surface area contributed by atoms with Crippen LogP contribution in [0.15, 0.2) is 30.5 Å². The van der Waals surface area contributed by atoms with E-state index in [1.807, 2.05) is 31.2 Å². The smallest absolute Gasteiger partial charge is 0.251 e. The minimum Gasteiger partial charge on any atom is -0.251 e. The molecule has 0 spiro atoms. The van der Waals surface area contributed by atoms with Crippen LogP contribution in [0.1, 0.15) is 12.6 Å². The summed E-state index contributed by atoms with van der Waals surface area (Å²) < 4.78 is 29.6. The highest BCUT2D eigenvalue weighted by molar-refractivity contribution is 7.94. The molecule has 0 atom stereocenters. The minimum absolute atomic E-state index is 0.222. The van der Waals surface area contributed by atoms with Crippen LogP contribution in [0.5, 0.6) is 0 Å². The Morgan fingerprint density at radius 2 is 1.80 bits per heavy atom. The normalized spacial score (nSPS) is 16.5. The Bertz CT molecular complexity index is 740. The average molecular weight is 293 g/mol. The third kappa shape index (κ3) is 1.75. The van der Waals surface area contributed by atoms with E-state index >= 15 is 0 Å². The van der Waals surface area contributed by atoms with E-state index in [2.05, 4.69) is 10.3 Å². The van der Waals surface area contributed by atoms with Gasteiger partial charge in [0.25, 0.3) is 0 Å². The van der Waals surface area contributed by atoms with Gasteiger partial charge in [-0.2, -0.15) is 8.42 Å². The largest absolute Gasteiger partial charge is 0.326 e. The molecule has 2 heterocycles. The Morgan fingerprint density at radius 3 is 2.35 bits per heavy atom. The lowest BCUT2D eigenvalue weighted by atomic mass is 10.2. The second-order valence-corrected chi connectivity index (χ2v) is 6.29. The lowest BCUT2D eigenvalue weighted by molar-refractivity contribution is 0.587. The summed E-state index contributed by atoms with van der Waals surface area (Å²) in [6, 6.07) is 7.30. The van der Waals surface area contributed by atoms with Gasteiger partial charge >= 0.3 is 10.2 Å². The summed E-state index contributed by atoms with van der Waals surface area (Å²) in [7, 11) is -1.79. The van der Waals surface area contributed by atoms with Crippen molar-refractivity contribution in [1.82, 2.24) is 15.0 Å². The zero-order chi connectivity index (χ0) is 14.3. The molecular weight excluding hydrogens is 278 g/mol. The monoisotopic (exact) mass is 293 g/mol. The Labute approximate surface area is 117 Å². The summed E-state index contributed by atoms with van der Waals surface area (Å²) in [5.41, 5.74) is 2.14. The van der Waals surface area contributed by atoms with Gasteiger partial charge in [-0.3, -0.25) is 8.99 Å². The van der Waals surface area contributed by atoms with E-state index in [1.54, 1.807) is 17.9 Å².